The van der Waals surface area contributed by atoms with Crippen LogP contribution in [0.1, 0.15) is 16.8 Å². The van der Waals surface area contributed by atoms with Crippen LogP contribution in [0, 0.1) is 0 Å². The molecule has 0 unspecified atom stereocenters. The molecule has 1 aromatic heterocycles. The first kappa shape index (κ1) is 15.0. The Balaban J connectivity index is 2.00. The van der Waals surface area contributed by atoms with Crippen molar-refractivity contribution in [3.63, 3.8) is 0 Å². The second-order valence-corrected chi connectivity index (χ2v) is 4.64. The molecule has 0 saturated carbocycles. The van der Waals surface area contributed by atoms with Gasteiger partial charge in [0.1, 0.15) is 12.4 Å². The SMILES string of the molecule is CNCc1ccc(OCc2ccccc2CC(=O)O)cn1. The largest absolute Gasteiger partial charge is 0.487 e. The molecule has 0 aliphatic heterocycles. The number of rotatable bonds is 7. The summed E-state index contributed by atoms with van der Waals surface area (Å²) in [5.41, 5.74) is 2.58. The lowest BCUT2D eigenvalue weighted by Crippen LogP contribution is -2.07. The fourth-order valence-electron chi connectivity index (χ4n) is 1.98. The first-order valence-corrected chi connectivity index (χ1v) is 6.70. The lowest BCUT2D eigenvalue weighted by Gasteiger charge is -2.10. The van der Waals surface area contributed by atoms with Crippen LogP contribution in [0.15, 0.2) is 42.6 Å². The highest BCUT2D eigenvalue weighted by atomic mass is 16.5. The fourth-order valence-corrected chi connectivity index (χ4v) is 1.98. The fraction of sp³-hybridized carbons (Fsp3) is 0.250. The van der Waals surface area contributed by atoms with E-state index < -0.39 is 5.97 Å². The molecule has 5 nitrogen and oxygen atoms in total. The van der Waals surface area contributed by atoms with E-state index in [1.807, 2.05) is 37.4 Å². The summed E-state index contributed by atoms with van der Waals surface area (Å²) in [6.45, 7) is 1.04. The summed E-state index contributed by atoms with van der Waals surface area (Å²) in [7, 11) is 1.87. The summed E-state index contributed by atoms with van der Waals surface area (Å²) >= 11 is 0. The van der Waals surface area contributed by atoms with Gasteiger partial charge >= 0.3 is 5.97 Å². The first-order valence-electron chi connectivity index (χ1n) is 6.70. The lowest BCUT2D eigenvalue weighted by molar-refractivity contribution is -0.136. The number of ether oxygens (including phenoxy) is 1. The second-order valence-electron chi connectivity index (χ2n) is 4.64. The third-order valence-electron chi connectivity index (χ3n) is 3.01. The number of nitrogens with one attached hydrogen (secondary N) is 1. The Hall–Kier alpha value is -2.40. The summed E-state index contributed by atoms with van der Waals surface area (Å²) in [5.74, 6) is -0.180. The molecular formula is C16H18N2O3. The third-order valence-corrected chi connectivity index (χ3v) is 3.01. The van der Waals surface area contributed by atoms with Gasteiger partial charge in [-0.3, -0.25) is 9.78 Å². The van der Waals surface area contributed by atoms with Crippen molar-refractivity contribution in [2.24, 2.45) is 0 Å². The Bertz CT molecular complexity index is 597. The van der Waals surface area contributed by atoms with E-state index in [-0.39, 0.29) is 6.42 Å². The van der Waals surface area contributed by atoms with Gasteiger partial charge in [-0.05, 0) is 30.3 Å². The molecule has 1 aromatic carbocycles. The molecule has 0 bridgehead atoms. The third kappa shape index (κ3) is 4.57. The zero-order valence-corrected chi connectivity index (χ0v) is 11.9. The number of aliphatic carboxylic acids is 1. The number of pyridine rings is 1. The monoisotopic (exact) mass is 286 g/mol. The van der Waals surface area contributed by atoms with Gasteiger partial charge in [-0.1, -0.05) is 24.3 Å². The predicted molar refractivity (Wildman–Crippen MR) is 79.1 cm³/mol. The number of nitrogens with zero attached hydrogens (tertiary/aromatic N) is 1. The molecule has 2 rings (SSSR count). The summed E-state index contributed by atoms with van der Waals surface area (Å²) in [6.07, 6.45) is 1.67. The van der Waals surface area contributed by atoms with E-state index in [4.69, 9.17) is 9.84 Å². The topological polar surface area (TPSA) is 71.5 Å². The Morgan fingerprint density at radius 3 is 2.62 bits per heavy atom. The zero-order valence-electron chi connectivity index (χ0n) is 11.9. The maximum Gasteiger partial charge on any atom is 0.307 e. The number of carbonyl (C=O) groups is 1. The van der Waals surface area contributed by atoms with Crippen molar-refractivity contribution < 1.29 is 14.6 Å². The molecule has 5 heteroatoms. The Morgan fingerprint density at radius 2 is 2.00 bits per heavy atom. The summed E-state index contributed by atoms with van der Waals surface area (Å²) in [4.78, 5) is 15.1. The van der Waals surface area contributed by atoms with Gasteiger partial charge < -0.3 is 15.2 Å². The summed E-state index contributed by atoms with van der Waals surface area (Å²) in [6, 6.07) is 11.1. The smallest absolute Gasteiger partial charge is 0.307 e. The van der Waals surface area contributed by atoms with Crippen molar-refractivity contribution in [2.45, 2.75) is 19.6 Å². The normalized spacial score (nSPS) is 10.3. The average molecular weight is 286 g/mol. The molecule has 2 aromatic rings. The molecule has 0 fully saturated rings. The molecule has 2 N–H and O–H groups in total. The number of carboxylic acid groups (broad SMARTS) is 1. The van der Waals surface area contributed by atoms with E-state index in [0.29, 0.717) is 18.9 Å². The molecule has 0 aliphatic rings. The maximum absolute atomic E-state index is 10.8. The van der Waals surface area contributed by atoms with Gasteiger partial charge in [0.25, 0.3) is 0 Å². The van der Waals surface area contributed by atoms with E-state index in [1.165, 1.54) is 0 Å². The van der Waals surface area contributed by atoms with Crippen LogP contribution in [-0.2, 0) is 24.4 Å². The Morgan fingerprint density at radius 1 is 1.24 bits per heavy atom. The van der Waals surface area contributed by atoms with Crippen molar-refractivity contribution in [1.29, 1.82) is 0 Å². The second kappa shape index (κ2) is 7.40. The number of benzene rings is 1. The van der Waals surface area contributed by atoms with Gasteiger partial charge in [-0.2, -0.15) is 0 Å². The van der Waals surface area contributed by atoms with Crippen LogP contribution >= 0.6 is 0 Å². The number of hydrogen-bond acceptors (Lipinski definition) is 4. The van der Waals surface area contributed by atoms with Crippen LogP contribution in [0.2, 0.25) is 0 Å². The van der Waals surface area contributed by atoms with Crippen molar-refractivity contribution in [3.05, 3.63) is 59.4 Å². The van der Waals surface area contributed by atoms with Gasteiger partial charge in [0, 0.05) is 6.54 Å². The van der Waals surface area contributed by atoms with E-state index in [0.717, 1.165) is 16.8 Å². The first-order chi connectivity index (χ1) is 10.2. The van der Waals surface area contributed by atoms with Crippen LogP contribution in [0.5, 0.6) is 5.75 Å². The standard InChI is InChI=1S/C16H18N2O3/c1-17-9-14-6-7-15(10-18-14)21-11-13-5-3-2-4-12(13)8-16(19)20/h2-7,10,17H,8-9,11H2,1H3,(H,19,20). The van der Waals surface area contributed by atoms with Crippen molar-refractivity contribution in [3.8, 4) is 5.75 Å². The zero-order chi connectivity index (χ0) is 15.1. The van der Waals surface area contributed by atoms with Gasteiger partial charge in [-0.15, -0.1) is 0 Å². The van der Waals surface area contributed by atoms with Gasteiger partial charge in [0.15, 0.2) is 0 Å². The highest BCUT2D eigenvalue weighted by Crippen LogP contribution is 2.15. The molecule has 0 radical (unpaired) electrons. The molecule has 21 heavy (non-hydrogen) atoms. The lowest BCUT2D eigenvalue weighted by atomic mass is 10.1. The van der Waals surface area contributed by atoms with Crippen LogP contribution in [0.4, 0.5) is 0 Å². The van der Waals surface area contributed by atoms with E-state index >= 15 is 0 Å². The molecule has 0 atom stereocenters. The molecule has 0 saturated heterocycles. The Kier molecular flexibility index (Phi) is 5.29. The summed E-state index contributed by atoms with van der Waals surface area (Å²) in [5, 5.41) is 11.9. The molecule has 0 spiro atoms. The van der Waals surface area contributed by atoms with Crippen LogP contribution in [0.25, 0.3) is 0 Å². The van der Waals surface area contributed by atoms with Crippen molar-refractivity contribution in [1.82, 2.24) is 10.3 Å². The predicted octanol–water partition coefficient (Wildman–Crippen LogP) is 2.01. The highest BCUT2D eigenvalue weighted by molar-refractivity contribution is 5.70. The number of hydrogen-bond donors (Lipinski definition) is 2. The minimum Gasteiger partial charge on any atom is -0.487 e. The van der Waals surface area contributed by atoms with E-state index in [9.17, 15) is 4.79 Å². The highest BCUT2D eigenvalue weighted by Gasteiger charge is 2.07. The number of carboxylic acids is 1. The minimum atomic E-state index is -0.847. The van der Waals surface area contributed by atoms with Gasteiger partial charge in [0.2, 0.25) is 0 Å². The average Bonchev–Trinajstić information content (AvgIpc) is 2.48. The van der Waals surface area contributed by atoms with E-state index in [1.54, 1.807) is 12.3 Å². The number of aromatic nitrogens is 1. The maximum atomic E-state index is 10.8. The minimum absolute atomic E-state index is 0.00110. The van der Waals surface area contributed by atoms with Crippen molar-refractivity contribution >= 4 is 5.97 Å². The molecule has 0 aliphatic carbocycles. The van der Waals surface area contributed by atoms with Gasteiger partial charge in [-0.25, -0.2) is 0 Å². The summed E-state index contributed by atoms with van der Waals surface area (Å²) < 4.78 is 5.67. The van der Waals surface area contributed by atoms with Crippen LogP contribution in [-0.4, -0.2) is 23.1 Å². The molecule has 1 heterocycles. The molecule has 0 amide bonds. The molecule has 110 valence electrons. The van der Waals surface area contributed by atoms with Crippen molar-refractivity contribution in [2.75, 3.05) is 7.05 Å². The molecular weight excluding hydrogens is 268 g/mol. The van der Waals surface area contributed by atoms with Crippen LogP contribution in [0.3, 0.4) is 0 Å². The Labute approximate surface area is 123 Å². The van der Waals surface area contributed by atoms with Crippen LogP contribution < -0.4 is 10.1 Å². The van der Waals surface area contributed by atoms with Gasteiger partial charge in [0.05, 0.1) is 18.3 Å². The quantitative estimate of drug-likeness (QED) is 0.814. The van der Waals surface area contributed by atoms with E-state index in [2.05, 4.69) is 10.3 Å².